The molecule has 1 aromatic carbocycles. The number of aryl methyl sites for hydroxylation is 2. The van der Waals surface area contributed by atoms with Crippen molar-refractivity contribution in [2.45, 2.75) is 45.9 Å². The number of ether oxygens (including phenoxy) is 1. The summed E-state index contributed by atoms with van der Waals surface area (Å²) in [6, 6.07) is 6.07. The summed E-state index contributed by atoms with van der Waals surface area (Å²) in [5.41, 5.74) is 7.86. The maximum absolute atomic E-state index is 5.91. The first-order valence-electron chi connectivity index (χ1n) is 7.11. The maximum atomic E-state index is 5.91. The Hall–Kier alpha value is -1.88. The number of nitrogens with two attached hydrogens (primary N) is 1. The van der Waals surface area contributed by atoms with Crippen LogP contribution in [0.1, 0.15) is 35.6 Å². The third-order valence-electron chi connectivity index (χ3n) is 3.78. The zero-order valence-corrected chi connectivity index (χ0v) is 11.8. The lowest BCUT2D eigenvalue weighted by Crippen LogP contribution is -2.14. The average molecular weight is 272 g/mol. The van der Waals surface area contributed by atoms with E-state index in [1.54, 1.807) is 0 Å². The number of aromatic nitrogens is 3. The summed E-state index contributed by atoms with van der Waals surface area (Å²) in [5.74, 6) is 2.88. The van der Waals surface area contributed by atoms with Crippen LogP contribution < -0.4 is 10.5 Å². The van der Waals surface area contributed by atoms with E-state index in [9.17, 15) is 0 Å². The largest absolute Gasteiger partial charge is 0.485 e. The Kier molecular flexibility index (Phi) is 3.69. The molecule has 5 heteroatoms. The molecule has 1 aliphatic heterocycles. The van der Waals surface area contributed by atoms with Crippen molar-refractivity contribution < 1.29 is 4.74 Å². The molecule has 0 atom stereocenters. The van der Waals surface area contributed by atoms with Crippen LogP contribution in [0, 0.1) is 6.92 Å². The number of hydrogen-bond acceptors (Lipinski definition) is 4. The molecule has 5 nitrogen and oxygen atoms in total. The summed E-state index contributed by atoms with van der Waals surface area (Å²) < 4.78 is 8.10. The molecule has 1 aromatic heterocycles. The zero-order valence-electron chi connectivity index (χ0n) is 11.8. The van der Waals surface area contributed by atoms with Gasteiger partial charge in [0, 0.05) is 19.5 Å². The lowest BCUT2D eigenvalue weighted by molar-refractivity contribution is 0.284. The Morgan fingerprint density at radius 2 is 2.20 bits per heavy atom. The first-order chi connectivity index (χ1) is 9.78. The number of nitrogens with zero attached hydrogens (tertiary/aromatic N) is 3. The molecule has 106 valence electrons. The highest BCUT2D eigenvalue weighted by molar-refractivity contribution is 5.36. The van der Waals surface area contributed by atoms with Crippen molar-refractivity contribution >= 4 is 0 Å². The molecule has 0 spiro atoms. The van der Waals surface area contributed by atoms with Crippen molar-refractivity contribution in [3.05, 3.63) is 41.0 Å². The van der Waals surface area contributed by atoms with Crippen LogP contribution in [0.25, 0.3) is 0 Å². The highest BCUT2D eigenvalue weighted by Crippen LogP contribution is 2.21. The van der Waals surface area contributed by atoms with Gasteiger partial charge in [0.05, 0.1) is 0 Å². The zero-order chi connectivity index (χ0) is 13.9. The van der Waals surface area contributed by atoms with Gasteiger partial charge in [0.2, 0.25) is 0 Å². The minimum atomic E-state index is 0.460. The summed E-state index contributed by atoms with van der Waals surface area (Å²) in [4.78, 5) is 0. The molecule has 0 amide bonds. The number of hydrogen-bond donors (Lipinski definition) is 1. The molecule has 20 heavy (non-hydrogen) atoms. The lowest BCUT2D eigenvalue weighted by atomic mass is 10.1. The minimum Gasteiger partial charge on any atom is -0.485 e. The van der Waals surface area contributed by atoms with E-state index < -0.39 is 0 Å². The van der Waals surface area contributed by atoms with Crippen LogP contribution in [0.15, 0.2) is 18.2 Å². The molecule has 0 saturated carbocycles. The van der Waals surface area contributed by atoms with Gasteiger partial charge in [-0.3, -0.25) is 0 Å². The van der Waals surface area contributed by atoms with Crippen LogP contribution in [-0.2, 0) is 26.1 Å². The molecule has 0 radical (unpaired) electrons. The van der Waals surface area contributed by atoms with E-state index in [1.807, 2.05) is 25.1 Å². The summed E-state index contributed by atoms with van der Waals surface area (Å²) in [6.07, 6.45) is 3.42. The summed E-state index contributed by atoms with van der Waals surface area (Å²) in [7, 11) is 0. The molecule has 0 aliphatic carbocycles. The molecule has 0 fully saturated rings. The second kappa shape index (κ2) is 5.63. The van der Waals surface area contributed by atoms with E-state index in [0.29, 0.717) is 13.2 Å². The van der Waals surface area contributed by atoms with E-state index in [-0.39, 0.29) is 0 Å². The fourth-order valence-electron chi connectivity index (χ4n) is 2.54. The van der Waals surface area contributed by atoms with E-state index in [4.69, 9.17) is 10.5 Å². The molecule has 2 N–H and O–H groups in total. The van der Waals surface area contributed by atoms with Gasteiger partial charge in [0.15, 0.2) is 5.82 Å². The number of benzene rings is 1. The highest BCUT2D eigenvalue weighted by atomic mass is 16.5. The van der Waals surface area contributed by atoms with Gasteiger partial charge in [-0.1, -0.05) is 12.1 Å². The van der Waals surface area contributed by atoms with Gasteiger partial charge >= 0.3 is 0 Å². The molecule has 1 aliphatic rings. The van der Waals surface area contributed by atoms with Crippen molar-refractivity contribution in [2.75, 3.05) is 0 Å². The average Bonchev–Trinajstić information content (AvgIpc) is 2.90. The molecule has 0 bridgehead atoms. The fraction of sp³-hybridized carbons (Fsp3) is 0.467. The smallest absolute Gasteiger partial charge is 0.171 e. The van der Waals surface area contributed by atoms with Crippen molar-refractivity contribution in [1.29, 1.82) is 0 Å². The quantitative estimate of drug-likeness (QED) is 0.924. The fourth-order valence-corrected chi connectivity index (χ4v) is 2.54. The van der Waals surface area contributed by atoms with Gasteiger partial charge in [0.25, 0.3) is 0 Å². The Balaban J connectivity index is 1.75. The highest BCUT2D eigenvalue weighted by Gasteiger charge is 2.16. The lowest BCUT2D eigenvalue weighted by Gasteiger charge is -2.15. The molecule has 2 heterocycles. The van der Waals surface area contributed by atoms with Crippen molar-refractivity contribution in [1.82, 2.24) is 14.8 Å². The van der Waals surface area contributed by atoms with Gasteiger partial charge < -0.3 is 15.0 Å². The van der Waals surface area contributed by atoms with Crippen LogP contribution in [0.4, 0.5) is 0 Å². The van der Waals surface area contributed by atoms with Crippen LogP contribution in [0.5, 0.6) is 5.75 Å². The molecular formula is C15H20N4O. The first kappa shape index (κ1) is 13.1. The monoisotopic (exact) mass is 272 g/mol. The molecular weight excluding hydrogens is 252 g/mol. The van der Waals surface area contributed by atoms with Gasteiger partial charge in [-0.05, 0) is 37.0 Å². The van der Waals surface area contributed by atoms with Crippen molar-refractivity contribution in [3.63, 3.8) is 0 Å². The van der Waals surface area contributed by atoms with Gasteiger partial charge in [-0.15, -0.1) is 10.2 Å². The summed E-state index contributed by atoms with van der Waals surface area (Å²) in [6.45, 7) is 4.02. The van der Waals surface area contributed by atoms with Crippen LogP contribution >= 0.6 is 0 Å². The Bertz CT molecular complexity index is 606. The van der Waals surface area contributed by atoms with Crippen LogP contribution in [-0.4, -0.2) is 14.8 Å². The second-order valence-electron chi connectivity index (χ2n) is 5.23. The van der Waals surface area contributed by atoms with E-state index in [0.717, 1.165) is 41.5 Å². The Morgan fingerprint density at radius 3 is 3.05 bits per heavy atom. The SMILES string of the molecule is Cc1ccc(CN)cc1OCc1nnc2n1CCCC2. The maximum Gasteiger partial charge on any atom is 0.171 e. The second-order valence-corrected chi connectivity index (χ2v) is 5.23. The van der Waals surface area contributed by atoms with Gasteiger partial charge in [-0.2, -0.15) is 0 Å². The third kappa shape index (κ3) is 2.54. The molecule has 2 aromatic rings. The topological polar surface area (TPSA) is 66.0 Å². The molecule has 0 unspecified atom stereocenters. The standard InChI is InChI=1S/C15H20N4O/c1-11-5-6-12(9-16)8-13(11)20-10-15-18-17-14-4-2-3-7-19(14)15/h5-6,8H,2-4,7,9-10,16H2,1H3. The first-order valence-corrected chi connectivity index (χ1v) is 7.11. The number of fused-ring (bicyclic) bond motifs is 1. The minimum absolute atomic E-state index is 0.460. The molecule has 3 rings (SSSR count). The van der Waals surface area contributed by atoms with E-state index in [1.165, 1.54) is 12.8 Å². The normalized spacial score (nSPS) is 14.1. The predicted molar refractivity (Wildman–Crippen MR) is 76.4 cm³/mol. The Labute approximate surface area is 118 Å². The van der Waals surface area contributed by atoms with E-state index >= 15 is 0 Å². The van der Waals surface area contributed by atoms with E-state index in [2.05, 4.69) is 14.8 Å². The van der Waals surface area contributed by atoms with Crippen LogP contribution in [0.2, 0.25) is 0 Å². The Morgan fingerprint density at radius 1 is 1.30 bits per heavy atom. The van der Waals surface area contributed by atoms with Gasteiger partial charge in [-0.25, -0.2) is 0 Å². The predicted octanol–water partition coefficient (Wildman–Crippen LogP) is 1.96. The van der Waals surface area contributed by atoms with Crippen molar-refractivity contribution in [3.8, 4) is 5.75 Å². The summed E-state index contributed by atoms with van der Waals surface area (Å²) in [5, 5.41) is 8.49. The van der Waals surface area contributed by atoms with Crippen LogP contribution in [0.3, 0.4) is 0 Å². The van der Waals surface area contributed by atoms with Gasteiger partial charge in [0.1, 0.15) is 18.2 Å². The summed E-state index contributed by atoms with van der Waals surface area (Å²) >= 11 is 0. The number of rotatable bonds is 4. The third-order valence-corrected chi connectivity index (χ3v) is 3.78. The molecule has 0 saturated heterocycles. The van der Waals surface area contributed by atoms with Crippen molar-refractivity contribution in [2.24, 2.45) is 5.73 Å².